The second-order valence-corrected chi connectivity index (χ2v) is 10.0. The number of fused-ring (bicyclic) bond motifs is 3. The second kappa shape index (κ2) is 8.34. The van der Waals surface area contributed by atoms with Gasteiger partial charge in [0.15, 0.2) is 11.8 Å². The molecule has 3 heterocycles. The van der Waals surface area contributed by atoms with Crippen LogP contribution in [-0.2, 0) is 13.4 Å². The van der Waals surface area contributed by atoms with Gasteiger partial charge in [0.2, 0.25) is 11.4 Å². The van der Waals surface area contributed by atoms with Crippen LogP contribution in [0.1, 0.15) is 63.8 Å². The molecule has 0 bridgehead atoms. The van der Waals surface area contributed by atoms with Crippen LogP contribution in [0.2, 0.25) is 0 Å². The Hall–Kier alpha value is -3.46. The summed E-state index contributed by atoms with van der Waals surface area (Å²) in [6.07, 6.45) is -0.427. The minimum Gasteiger partial charge on any atom is -0.437 e. The van der Waals surface area contributed by atoms with E-state index in [1.165, 1.54) is 30.5 Å². The molecule has 3 heteroatoms. The molecule has 0 radical (unpaired) electrons. The molecule has 0 aliphatic heterocycles. The molecule has 178 valence electrons. The molecule has 0 N–H and O–H groups in total. The fourth-order valence-electron chi connectivity index (χ4n) is 4.55. The van der Waals surface area contributed by atoms with E-state index < -0.39 is 32.3 Å². The second-order valence-electron chi connectivity index (χ2n) is 10.0. The summed E-state index contributed by atoms with van der Waals surface area (Å²) in [6.45, 7) is -0.693. The molecular weight excluding hydrogens is 428 g/mol. The standard InChI is InChI=1S/C32H35N2O/c1-19-9-12-25-26-13-10-22(4)33-31(26)35-30(25)29(19)28-16-27(21(3)18-34(28)8)24-14-11-23(15-20(24)2)17-32(5,6)7/h9-16,18H,17H2,1-8H3/q+1/i2D3,3D3,4D3,17D2. The number of aryl methyl sites for hydroxylation is 5. The van der Waals surface area contributed by atoms with Gasteiger partial charge in [0.25, 0.3) is 0 Å². The summed E-state index contributed by atoms with van der Waals surface area (Å²) in [5.74, 6) is 0. The topological polar surface area (TPSA) is 29.9 Å². The van der Waals surface area contributed by atoms with Gasteiger partial charge in [-0.2, -0.15) is 0 Å². The van der Waals surface area contributed by atoms with Crippen molar-refractivity contribution in [1.29, 1.82) is 0 Å². The van der Waals surface area contributed by atoms with Crippen LogP contribution < -0.4 is 4.57 Å². The molecule has 0 unspecified atom stereocenters. The molecule has 0 aliphatic carbocycles. The highest BCUT2D eigenvalue weighted by atomic mass is 16.3. The number of hydrogen-bond donors (Lipinski definition) is 0. The van der Waals surface area contributed by atoms with Crippen molar-refractivity contribution in [2.45, 2.75) is 54.6 Å². The van der Waals surface area contributed by atoms with Crippen molar-refractivity contribution in [3.63, 3.8) is 0 Å². The van der Waals surface area contributed by atoms with Crippen molar-refractivity contribution in [1.82, 2.24) is 4.98 Å². The maximum atomic E-state index is 8.75. The van der Waals surface area contributed by atoms with Crippen molar-refractivity contribution in [2.75, 3.05) is 0 Å². The highest BCUT2D eigenvalue weighted by Gasteiger charge is 2.23. The van der Waals surface area contributed by atoms with Crippen LogP contribution >= 0.6 is 0 Å². The van der Waals surface area contributed by atoms with E-state index in [4.69, 9.17) is 19.5 Å². The first-order chi connectivity index (χ1) is 20.9. The maximum Gasteiger partial charge on any atom is 0.227 e. The molecule has 0 aliphatic rings. The normalized spacial score (nSPS) is 18.3. The highest BCUT2D eigenvalue weighted by Crippen LogP contribution is 2.38. The first-order valence-corrected chi connectivity index (χ1v) is 11.5. The van der Waals surface area contributed by atoms with E-state index in [0.29, 0.717) is 27.6 Å². The lowest BCUT2D eigenvalue weighted by atomic mass is 9.86. The molecule has 5 aromatic rings. The molecule has 0 fully saturated rings. The molecule has 5 rings (SSSR count). The Morgan fingerprint density at radius 2 is 1.71 bits per heavy atom. The first-order valence-electron chi connectivity index (χ1n) is 17.0. The third-order valence-electron chi connectivity index (χ3n) is 6.07. The third kappa shape index (κ3) is 4.25. The molecule has 35 heavy (non-hydrogen) atoms. The highest BCUT2D eigenvalue weighted by molar-refractivity contribution is 6.08. The van der Waals surface area contributed by atoms with Gasteiger partial charge in [0.05, 0.1) is 5.56 Å². The van der Waals surface area contributed by atoms with Crippen molar-refractivity contribution in [3.05, 3.63) is 82.7 Å². The van der Waals surface area contributed by atoms with Crippen LogP contribution in [-0.4, -0.2) is 4.98 Å². The lowest BCUT2D eigenvalue weighted by molar-refractivity contribution is -0.660. The third-order valence-corrected chi connectivity index (χ3v) is 6.07. The lowest BCUT2D eigenvalue weighted by Gasteiger charge is -2.19. The van der Waals surface area contributed by atoms with Gasteiger partial charge in [-0.05, 0) is 79.2 Å². The fraction of sp³-hybridized carbons (Fsp3) is 0.312. The number of pyridine rings is 2. The minimum absolute atomic E-state index is 0.0748. The van der Waals surface area contributed by atoms with Crippen LogP contribution in [0.15, 0.2) is 59.1 Å². The number of rotatable bonds is 3. The summed E-state index contributed by atoms with van der Waals surface area (Å²) in [6, 6.07) is 12.8. The molecule has 0 saturated heterocycles. The Balaban J connectivity index is 1.84. The monoisotopic (exact) mass is 474 g/mol. The number of furan rings is 1. The van der Waals surface area contributed by atoms with E-state index in [1.807, 2.05) is 19.1 Å². The van der Waals surface area contributed by atoms with Gasteiger partial charge in [-0.25, -0.2) is 9.55 Å². The Morgan fingerprint density at radius 3 is 2.46 bits per heavy atom. The molecule has 0 saturated carbocycles. The van der Waals surface area contributed by atoms with Gasteiger partial charge in [0, 0.05) is 43.2 Å². The van der Waals surface area contributed by atoms with Gasteiger partial charge < -0.3 is 4.42 Å². The molecule has 2 aromatic carbocycles. The van der Waals surface area contributed by atoms with Crippen LogP contribution in [0.25, 0.3) is 44.5 Å². The van der Waals surface area contributed by atoms with Crippen LogP contribution in [0.4, 0.5) is 0 Å². The SMILES string of the molecule is [2H]C([2H])([2H])c1ccc2c(n1)oc1c(-c3cc(-c4ccc(C([2H])([2H])C(C)(C)C)cc4C([2H])([2H])[2H])c(C([2H])([2H])[2H])c[n+]3C)c(C)ccc12. The molecule has 3 nitrogen and oxygen atoms in total. The van der Waals surface area contributed by atoms with E-state index in [1.54, 1.807) is 44.5 Å². The van der Waals surface area contributed by atoms with E-state index in [2.05, 4.69) is 4.98 Å². The van der Waals surface area contributed by atoms with Gasteiger partial charge in [-0.15, -0.1) is 0 Å². The summed E-state index contributed by atoms with van der Waals surface area (Å²) < 4.78 is 98.8. The Kier molecular flexibility index (Phi) is 3.23. The van der Waals surface area contributed by atoms with Crippen LogP contribution in [0, 0.1) is 32.9 Å². The van der Waals surface area contributed by atoms with Gasteiger partial charge >= 0.3 is 0 Å². The predicted molar refractivity (Wildman–Crippen MR) is 146 cm³/mol. The Bertz CT molecular complexity index is 1990. The summed E-state index contributed by atoms with van der Waals surface area (Å²) >= 11 is 0. The molecule has 0 atom stereocenters. The van der Waals surface area contributed by atoms with Crippen molar-refractivity contribution >= 4 is 22.1 Å². The largest absolute Gasteiger partial charge is 0.437 e. The van der Waals surface area contributed by atoms with Gasteiger partial charge in [0.1, 0.15) is 7.05 Å². The average molecular weight is 475 g/mol. The van der Waals surface area contributed by atoms with E-state index in [-0.39, 0.29) is 39.2 Å². The van der Waals surface area contributed by atoms with Crippen molar-refractivity contribution in [3.8, 4) is 22.4 Å². The first kappa shape index (κ1) is 13.6. The molecular formula is C32H35N2O+. The number of hydrogen-bond acceptors (Lipinski definition) is 2. The summed E-state index contributed by atoms with van der Waals surface area (Å²) in [5, 5.41) is 1.29. The molecule has 0 spiro atoms. The zero-order chi connectivity index (χ0) is 34.4. The Morgan fingerprint density at radius 1 is 0.914 bits per heavy atom. The van der Waals surface area contributed by atoms with E-state index in [9.17, 15) is 0 Å². The van der Waals surface area contributed by atoms with E-state index in [0.717, 1.165) is 5.56 Å². The summed E-state index contributed by atoms with van der Waals surface area (Å²) in [7, 11) is 1.69. The number of benzene rings is 2. The fourth-order valence-corrected chi connectivity index (χ4v) is 4.55. The smallest absolute Gasteiger partial charge is 0.227 e. The molecule has 0 amide bonds. The van der Waals surface area contributed by atoms with Gasteiger partial charge in [-0.1, -0.05) is 51.1 Å². The van der Waals surface area contributed by atoms with E-state index >= 15 is 0 Å². The zero-order valence-electron chi connectivity index (χ0n) is 31.5. The molecule has 3 aromatic heterocycles. The lowest BCUT2D eigenvalue weighted by Crippen LogP contribution is -2.31. The predicted octanol–water partition coefficient (Wildman–Crippen LogP) is 7.96. The van der Waals surface area contributed by atoms with Crippen molar-refractivity contribution < 1.29 is 24.1 Å². The minimum atomic E-state index is -2.69. The van der Waals surface area contributed by atoms with Crippen LogP contribution in [0.3, 0.4) is 0 Å². The number of nitrogens with zero attached hydrogens (tertiary/aromatic N) is 2. The quantitative estimate of drug-likeness (QED) is 0.248. The summed E-state index contributed by atoms with van der Waals surface area (Å²) in [4.78, 5) is 4.26. The van der Waals surface area contributed by atoms with Gasteiger partial charge in [-0.3, -0.25) is 0 Å². The summed E-state index contributed by atoms with van der Waals surface area (Å²) in [5.41, 5.74) is 1.76. The van der Waals surface area contributed by atoms with Crippen molar-refractivity contribution in [2.24, 2.45) is 12.5 Å². The van der Waals surface area contributed by atoms with Crippen LogP contribution in [0.5, 0.6) is 0 Å². The Labute approximate surface area is 223 Å². The maximum absolute atomic E-state index is 8.75. The zero-order valence-corrected chi connectivity index (χ0v) is 20.5. The average Bonchev–Trinajstić information content (AvgIpc) is 3.28. The number of aromatic nitrogens is 2.